The van der Waals surface area contributed by atoms with Gasteiger partial charge in [-0.05, 0) is 55.5 Å². The van der Waals surface area contributed by atoms with E-state index in [2.05, 4.69) is 10.3 Å². The molecule has 4 rings (SSSR count). The zero-order valence-electron chi connectivity index (χ0n) is 17.1. The van der Waals surface area contributed by atoms with Crippen LogP contribution in [0.1, 0.15) is 17.2 Å². The molecule has 0 fully saturated rings. The van der Waals surface area contributed by atoms with Crippen LogP contribution < -0.4 is 14.4 Å². The van der Waals surface area contributed by atoms with E-state index in [1.807, 2.05) is 91.9 Å². The van der Waals surface area contributed by atoms with Crippen LogP contribution in [0, 0.1) is 6.92 Å². The van der Waals surface area contributed by atoms with Crippen LogP contribution in [-0.4, -0.2) is 4.98 Å². The molecule has 3 aromatic carbocycles. The lowest BCUT2D eigenvalue weighted by Gasteiger charge is -2.28. The van der Waals surface area contributed by atoms with Gasteiger partial charge in [-0.2, -0.15) is 0 Å². The molecule has 1 heterocycles. The Labute approximate surface area is 182 Å². The molecule has 5 nitrogen and oxygen atoms in total. The van der Waals surface area contributed by atoms with Crippen LogP contribution in [0.3, 0.4) is 0 Å². The summed E-state index contributed by atoms with van der Waals surface area (Å²) >= 11 is 0. The number of para-hydroxylation sites is 3. The number of aryl methyl sites for hydroxylation is 1. The Morgan fingerprint density at radius 2 is 1.23 bits per heavy atom. The molecule has 0 spiro atoms. The summed E-state index contributed by atoms with van der Waals surface area (Å²) in [6.45, 7) is 1.89. The normalized spacial score (nSPS) is 12.0. The molecule has 0 saturated heterocycles. The zero-order chi connectivity index (χ0) is 21.5. The maximum atomic E-state index is 14.4. The van der Waals surface area contributed by atoms with Crippen molar-refractivity contribution in [2.45, 2.75) is 12.7 Å². The lowest BCUT2D eigenvalue weighted by Crippen LogP contribution is -2.19. The lowest BCUT2D eigenvalue weighted by molar-refractivity contribution is 0.375. The Bertz CT molecular complexity index is 1110. The summed E-state index contributed by atoms with van der Waals surface area (Å²) in [6, 6.07) is 33.2. The Hall–Kier alpha value is -3.56. The smallest absolute Gasteiger partial charge is 0.414 e. The second-order valence-corrected chi connectivity index (χ2v) is 8.93. The minimum Gasteiger partial charge on any atom is -0.414 e. The number of hydrogen-bond acceptors (Lipinski definition) is 5. The molecule has 1 atom stereocenters. The van der Waals surface area contributed by atoms with Gasteiger partial charge in [0, 0.05) is 11.4 Å². The highest BCUT2D eigenvalue weighted by Gasteiger charge is 2.42. The first-order valence-electron chi connectivity index (χ1n) is 9.96. The van der Waals surface area contributed by atoms with E-state index >= 15 is 0 Å². The van der Waals surface area contributed by atoms with Gasteiger partial charge in [0.1, 0.15) is 11.5 Å². The molecule has 0 aliphatic rings. The molecular formula is C25H23N2O3P. The average Bonchev–Trinajstić information content (AvgIpc) is 2.79. The molecule has 0 radical (unpaired) electrons. The molecule has 0 saturated carbocycles. The maximum Gasteiger partial charge on any atom is 0.459 e. The van der Waals surface area contributed by atoms with E-state index in [0.717, 1.165) is 11.4 Å². The third-order valence-corrected chi connectivity index (χ3v) is 6.49. The standard InChI is InChI=1S/C25H23N2O3P/c1-20-12-11-19-24(26-20)25(27-21-13-5-2-6-14-21)31(28,29-22-15-7-3-8-16-22)30-23-17-9-4-10-18-23/h2-19,25,27H,1H3. The molecule has 31 heavy (non-hydrogen) atoms. The van der Waals surface area contributed by atoms with E-state index in [1.165, 1.54) is 0 Å². The molecule has 1 aromatic heterocycles. The second-order valence-electron chi connectivity index (χ2n) is 6.97. The fourth-order valence-electron chi connectivity index (χ4n) is 3.10. The highest BCUT2D eigenvalue weighted by atomic mass is 31.2. The molecule has 0 aliphatic heterocycles. The molecule has 0 amide bonds. The predicted molar refractivity (Wildman–Crippen MR) is 124 cm³/mol. The summed E-state index contributed by atoms with van der Waals surface area (Å²) < 4.78 is 26.6. The van der Waals surface area contributed by atoms with Crippen molar-refractivity contribution in [3.05, 3.63) is 121 Å². The van der Waals surface area contributed by atoms with E-state index in [9.17, 15) is 4.57 Å². The van der Waals surface area contributed by atoms with E-state index in [1.54, 1.807) is 24.3 Å². The van der Waals surface area contributed by atoms with E-state index in [-0.39, 0.29) is 0 Å². The molecule has 4 aromatic rings. The van der Waals surface area contributed by atoms with Crippen molar-refractivity contribution in [1.29, 1.82) is 0 Å². The molecule has 0 aliphatic carbocycles. The van der Waals surface area contributed by atoms with Gasteiger partial charge in [0.2, 0.25) is 0 Å². The largest absolute Gasteiger partial charge is 0.459 e. The van der Waals surface area contributed by atoms with Crippen LogP contribution in [0.2, 0.25) is 0 Å². The number of aromatic nitrogens is 1. The number of hydrogen-bond donors (Lipinski definition) is 1. The number of benzene rings is 3. The molecular weight excluding hydrogens is 407 g/mol. The summed E-state index contributed by atoms with van der Waals surface area (Å²) in [7, 11) is -3.85. The van der Waals surface area contributed by atoms with Crippen LogP contribution in [0.15, 0.2) is 109 Å². The Morgan fingerprint density at radius 3 is 1.74 bits per heavy atom. The van der Waals surface area contributed by atoms with Gasteiger partial charge in [-0.15, -0.1) is 0 Å². The first kappa shape index (κ1) is 20.7. The molecule has 6 heteroatoms. The van der Waals surface area contributed by atoms with E-state index < -0.39 is 13.4 Å². The predicted octanol–water partition coefficient (Wildman–Crippen LogP) is 6.85. The van der Waals surface area contributed by atoms with Crippen molar-refractivity contribution in [2.75, 3.05) is 5.32 Å². The fourth-order valence-corrected chi connectivity index (χ4v) is 4.96. The second kappa shape index (κ2) is 9.50. The third-order valence-electron chi connectivity index (χ3n) is 4.54. The number of nitrogens with one attached hydrogen (secondary N) is 1. The minimum absolute atomic E-state index is 0.453. The van der Waals surface area contributed by atoms with Gasteiger partial charge >= 0.3 is 7.60 Å². The van der Waals surface area contributed by atoms with Crippen molar-refractivity contribution in [3.63, 3.8) is 0 Å². The van der Waals surface area contributed by atoms with Crippen molar-refractivity contribution in [1.82, 2.24) is 4.98 Å². The van der Waals surface area contributed by atoms with Crippen LogP contribution in [0.5, 0.6) is 11.5 Å². The van der Waals surface area contributed by atoms with Crippen molar-refractivity contribution < 1.29 is 13.6 Å². The quantitative estimate of drug-likeness (QED) is 0.310. The molecule has 0 bridgehead atoms. The Kier molecular flexibility index (Phi) is 6.34. The topological polar surface area (TPSA) is 60.5 Å². The van der Waals surface area contributed by atoms with Gasteiger partial charge < -0.3 is 14.4 Å². The SMILES string of the molecule is Cc1cccc(C(Nc2ccccc2)P(=O)(Oc2ccccc2)Oc2ccccc2)n1. The average molecular weight is 430 g/mol. The minimum atomic E-state index is -3.85. The van der Waals surface area contributed by atoms with Gasteiger partial charge in [0.05, 0.1) is 5.69 Å². The number of rotatable bonds is 8. The molecule has 1 N–H and O–H groups in total. The summed E-state index contributed by atoms with van der Waals surface area (Å²) in [5.74, 6) is 0.0683. The Balaban J connectivity index is 1.80. The van der Waals surface area contributed by atoms with Crippen LogP contribution >= 0.6 is 7.60 Å². The highest BCUT2D eigenvalue weighted by Crippen LogP contribution is 2.59. The van der Waals surface area contributed by atoms with Gasteiger partial charge in [0.25, 0.3) is 0 Å². The highest BCUT2D eigenvalue weighted by molar-refractivity contribution is 7.55. The molecule has 1 unspecified atom stereocenters. The van der Waals surface area contributed by atoms with Crippen LogP contribution in [-0.2, 0) is 4.57 Å². The fraction of sp³-hybridized carbons (Fsp3) is 0.0800. The van der Waals surface area contributed by atoms with Crippen molar-refractivity contribution in [2.24, 2.45) is 0 Å². The summed E-state index contributed by atoms with van der Waals surface area (Å²) in [6.07, 6.45) is 0. The van der Waals surface area contributed by atoms with Gasteiger partial charge in [-0.3, -0.25) is 4.98 Å². The zero-order valence-corrected chi connectivity index (χ0v) is 18.0. The van der Waals surface area contributed by atoms with E-state index in [4.69, 9.17) is 9.05 Å². The van der Waals surface area contributed by atoms with Gasteiger partial charge in [-0.1, -0.05) is 60.7 Å². The molecule has 156 valence electrons. The Morgan fingerprint density at radius 1 is 0.710 bits per heavy atom. The number of pyridine rings is 1. The first-order valence-corrected chi connectivity index (χ1v) is 11.6. The van der Waals surface area contributed by atoms with Gasteiger partial charge in [0.15, 0.2) is 5.78 Å². The third kappa shape index (κ3) is 5.33. The van der Waals surface area contributed by atoms with Gasteiger partial charge in [-0.25, -0.2) is 4.57 Å². The monoisotopic (exact) mass is 430 g/mol. The van der Waals surface area contributed by atoms with Crippen molar-refractivity contribution >= 4 is 13.3 Å². The number of nitrogens with zero attached hydrogens (tertiary/aromatic N) is 1. The maximum absolute atomic E-state index is 14.4. The summed E-state index contributed by atoms with van der Waals surface area (Å²) in [5, 5.41) is 3.33. The summed E-state index contributed by atoms with van der Waals surface area (Å²) in [5.41, 5.74) is 2.16. The van der Waals surface area contributed by atoms with E-state index in [0.29, 0.717) is 17.2 Å². The summed E-state index contributed by atoms with van der Waals surface area (Å²) in [4.78, 5) is 4.62. The number of anilines is 1. The van der Waals surface area contributed by atoms with Crippen molar-refractivity contribution in [3.8, 4) is 11.5 Å². The lowest BCUT2D eigenvalue weighted by atomic mass is 10.3. The van der Waals surface area contributed by atoms with Crippen LogP contribution in [0.25, 0.3) is 0 Å². The van der Waals surface area contributed by atoms with Crippen LogP contribution in [0.4, 0.5) is 5.69 Å². The first-order chi connectivity index (χ1) is 15.1.